The molecule has 0 aromatic heterocycles. The zero-order chi connectivity index (χ0) is 27.6. The largest absolute Gasteiger partial charge is 0.493 e. The number of benzene rings is 3. The Morgan fingerprint density at radius 3 is 2.38 bits per heavy atom. The molecule has 5 rings (SSSR count). The molecule has 0 N–H and O–H groups in total. The summed E-state index contributed by atoms with van der Waals surface area (Å²) >= 11 is 0. The zero-order valence-electron chi connectivity index (χ0n) is 22.2. The lowest BCUT2D eigenvalue weighted by atomic mass is 9.75. The van der Waals surface area contributed by atoms with Crippen molar-refractivity contribution in [1.29, 1.82) is 0 Å². The fourth-order valence-corrected chi connectivity index (χ4v) is 5.46. The van der Waals surface area contributed by atoms with Crippen molar-refractivity contribution in [2.45, 2.75) is 57.3 Å². The highest BCUT2D eigenvalue weighted by Crippen LogP contribution is 2.44. The first-order chi connectivity index (χ1) is 18.8. The summed E-state index contributed by atoms with van der Waals surface area (Å²) in [4.78, 5) is 10.6. The number of halogens is 3. The quantitative estimate of drug-likeness (QED) is 0.232. The molecule has 1 aliphatic heterocycles. The second-order valence-corrected chi connectivity index (χ2v) is 9.96. The Labute approximate surface area is 226 Å². The maximum atomic E-state index is 13.0. The molecule has 0 radical (unpaired) electrons. The maximum Gasteiger partial charge on any atom is 0.416 e. The van der Waals surface area contributed by atoms with Gasteiger partial charge in [0.25, 0.3) is 0 Å². The molecule has 1 fully saturated rings. The van der Waals surface area contributed by atoms with E-state index in [1.165, 1.54) is 24.5 Å². The van der Waals surface area contributed by atoms with Crippen LogP contribution >= 0.6 is 0 Å². The molecule has 2 atom stereocenters. The van der Waals surface area contributed by atoms with Gasteiger partial charge >= 0.3 is 6.18 Å². The molecule has 0 amide bonds. The normalized spacial score (nSPS) is 19.0. The van der Waals surface area contributed by atoms with Crippen LogP contribution in [0.2, 0.25) is 0 Å². The first kappa shape index (κ1) is 26.8. The molecule has 3 aromatic rings. The number of fused-ring (bicyclic) bond motifs is 3. The molecule has 0 saturated heterocycles. The van der Waals surface area contributed by atoms with Crippen LogP contribution in [0.3, 0.4) is 0 Å². The Kier molecular flexibility index (Phi) is 7.64. The van der Waals surface area contributed by atoms with Crippen LogP contribution in [0.25, 0.3) is 0 Å². The van der Waals surface area contributed by atoms with E-state index in [-0.39, 0.29) is 12.6 Å². The van der Waals surface area contributed by atoms with E-state index in [1.807, 2.05) is 30.3 Å². The van der Waals surface area contributed by atoms with E-state index in [0.717, 1.165) is 53.1 Å². The number of ether oxygens (including phenoxy) is 2. The van der Waals surface area contributed by atoms with Crippen LogP contribution in [0.1, 0.15) is 71.9 Å². The van der Waals surface area contributed by atoms with Gasteiger partial charge in [-0.2, -0.15) is 13.2 Å². The molecule has 39 heavy (non-hydrogen) atoms. The van der Waals surface area contributed by atoms with Crippen LogP contribution in [-0.2, 0) is 17.6 Å². The Morgan fingerprint density at radius 1 is 0.949 bits per heavy atom. The molecule has 3 aromatic carbocycles. The molecule has 1 aliphatic carbocycles. The topological polar surface area (TPSA) is 52.4 Å². The molecule has 5 nitrogen and oxygen atoms in total. The van der Waals surface area contributed by atoms with E-state index >= 15 is 0 Å². The van der Waals surface area contributed by atoms with Gasteiger partial charge in [0.15, 0.2) is 11.5 Å². The maximum absolute atomic E-state index is 13.0. The summed E-state index contributed by atoms with van der Waals surface area (Å²) in [6, 6.07) is 17.4. The van der Waals surface area contributed by atoms with Crippen molar-refractivity contribution in [3.8, 4) is 11.5 Å². The van der Waals surface area contributed by atoms with Crippen molar-refractivity contribution in [2.24, 2.45) is 10.1 Å². The van der Waals surface area contributed by atoms with Gasteiger partial charge in [-0.25, -0.2) is 0 Å². The number of nitrogens with zero attached hydrogens (tertiary/aromatic N) is 2. The Balaban J connectivity index is 1.37. The van der Waals surface area contributed by atoms with Crippen molar-refractivity contribution in [2.75, 3.05) is 14.2 Å². The SMILES string of the molecule is COc1cc2c(cc1OC)[C@H]1CCCC[C@H]1N=C2c1ccc(C(C)=NOCc2cccc(C(F)(F)F)c2)cc1. The summed E-state index contributed by atoms with van der Waals surface area (Å²) in [5.41, 5.74) is 5.43. The molecular weight excluding hydrogens is 505 g/mol. The van der Waals surface area contributed by atoms with Gasteiger partial charge in [0.05, 0.1) is 37.2 Å². The van der Waals surface area contributed by atoms with Gasteiger partial charge in [0.2, 0.25) is 0 Å². The van der Waals surface area contributed by atoms with E-state index in [4.69, 9.17) is 19.3 Å². The van der Waals surface area contributed by atoms with E-state index in [1.54, 1.807) is 27.2 Å². The first-order valence-corrected chi connectivity index (χ1v) is 13.1. The van der Waals surface area contributed by atoms with Crippen LogP contribution in [-0.4, -0.2) is 31.7 Å². The second-order valence-electron chi connectivity index (χ2n) is 9.96. The molecule has 2 aliphatic rings. The van der Waals surface area contributed by atoms with Crippen molar-refractivity contribution in [1.82, 2.24) is 0 Å². The Hall–Kier alpha value is -3.81. The van der Waals surface area contributed by atoms with Crippen LogP contribution in [0.5, 0.6) is 11.5 Å². The van der Waals surface area contributed by atoms with Crippen molar-refractivity contribution < 1.29 is 27.5 Å². The van der Waals surface area contributed by atoms with Gasteiger partial charge in [-0.1, -0.05) is 54.4 Å². The van der Waals surface area contributed by atoms with E-state index < -0.39 is 11.7 Å². The molecule has 204 valence electrons. The molecule has 8 heteroatoms. The van der Waals surface area contributed by atoms with Crippen LogP contribution in [0.15, 0.2) is 70.8 Å². The van der Waals surface area contributed by atoms with Gasteiger partial charge in [-0.05, 0) is 60.7 Å². The predicted molar refractivity (Wildman–Crippen MR) is 145 cm³/mol. The molecule has 1 heterocycles. The average Bonchev–Trinajstić information content (AvgIpc) is 2.95. The number of rotatable bonds is 7. The van der Waals surface area contributed by atoms with Crippen LogP contribution < -0.4 is 9.47 Å². The zero-order valence-corrected chi connectivity index (χ0v) is 22.2. The van der Waals surface area contributed by atoms with Gasteiger partial charge < -0.3 is 14.3 Å². The molecule has 0 unspecified atom stereocenters. The highest BCUT2D eigenvalue weighted by atomic mass is 19.4. The fraction of sp³-hybridized carbons (Fsp3) is 0.355. The smallest absolute Gasteiger partial charge is 0.416 e. The van der Waals surface area contributed by atoms with Gasteiger partial charge in [0.1, 0.15) is 6.61 Å². The number of methoxy groups -OCH3 is 2. The Morgan fingerprint density at radius 2 is 1.67 bits per heavy atom. The third kappa shape index (κ3) is 5.65. The molecule has 0 bridgehead atoms. The van der Waals surface area contributed by atoms with E-state index in [9.17, 15) is 13.2 Å². The average molecular weight is 537 g/mol. The predicted octanol–water partition coefficient (Wildman–Crippen LogP) is 7.54. The summed E-state index contributed by atoms with van der Waals surface area (Å²) in [6.07, 6.45) is 0.155. The summed E-state index contributed by atoms with van der Waals surface area (Å²) in [7, 11) is 3.30. The van der Waals surface area contributed by atoms with E-state index in [0.29, 0.717) is 22.9 Å². The molecule has 0 spiro atoms. The summed E-state index contributed by atoms with van der Waals surface area (Å²) < 4.78 is 50.1. The molecular formula is C31H31F3N2O3. The van der Waals surface area contributed by atoms with Crippen molar-refractivity contribution >= 4 is 11.4 Å². The lowest BCUT2D eigenvalue weighted by Crippen LogP contribution is -2.29. The summed E-state index contributed by atoms with van der Waals surface area (Å²) in [5, 5.41) is 4.13. The minimum absolute atomic E-state index is 0.0548. The summed E-state index contributed by atoms with van der Waals surface area (Å²) in [5.74, 6) is 1.78. The number of alkyl halides is 3. The Bertz CT molecular complexity index is 1400. The standard InChI is InChI=1S/C31H31F3N2O3/c1-19(36-39-18-20-7-6-8-23(15-20)31(32,33)34)21-11-13-22(14-12-21)30-26-17-29(38-3)28(37-2)16-25(26)24-9-4-5-10-27(24)35-30/h6-8,11-17,24,27H,4-5,9-10,18H2,1-3H3/t24-,27-/m1/s1. The lowest BCUT2D eigenvalue weighted by molar-refractivity contribution is -0.137. The van der Waals surface area contributed by atoms with Gasteiger partial charge in [-0.3, -0.25) is 4.99 Å². The minimum atomic E-state index is -4.39. The number of hydrogen-bond donors (Lipinski definition) is 0. The second kappa shape index (κ2) is 11.1. The van der Waals surface area contributed by atoms with Gasteiger partial charge in [0, 0.05) is 17.0 Å². The monoisotopic (exact) mass is 536 g/mol. The van der Waals surface area contributed by atoms with E-state index in [2.05, 4.69) is 11.2 Å². The third-order valence-electron chi connectivity index (χ3n) is 7.50. The molecule has 1 saturated carbocycles. The highest BCUT2D eigenvalue weighted by molar-refractivity contribution is 6.15. The van der Waals surface area contributed by atoms with Gasteiger partial charge in [-0.15, -0.1) is 0 Å². The number of hydrogen-bond acceptors (Lipinski definition) is 5. The van der Waals surface area contributed by atoms with Crippen LogP contribution in [0, 0.1) is 0 Å². The third-order valence-corrected chi connectivity index (χ3v) is 7.50. The number of oxime groups is 1. The number of aliphatic imine (C=N–C) groups is 1. The first-order valence-electron chi connectivity index (χ1n) is 13.1. The summed E-state index contributed by atoms with van der Waals surface area (Å²) in [6.45, 7) is 1.75. The fourth-order valence-electron chi connectivity index (χ4n) is 5.46. The van der Waals surface area contributed by atoms with Crippen molar-refractivity contribution in [3.05, 3.63) is 94.0 Å². The lowest BCUT2D eigenvalue weighted by Gasteiger charge is -2.35. The highest BCUT2D eigenvalue weighted by Gasteiger charge is 2.34. The minimum Gasteiger partial charge on any atom is -0.493 e. The van der Waals surface area contributed by atoms with Crippen LogP contribution in [0.4, 0.5) is 13.2 Å². The van der Waals surface area contributed by atoms with Crippen molar-refractivity contribution in [3.63, 3.8) is 0 Å².